The molecule has 0 radical (unpaired) electrons. The molecular formula is C28H34FN7S. The molecule has 9 heteroatoms. The Balaban J connectivity index is 1.30. The predicted octanol–water partition coefficient (Wildman–Crippen LogP) is 4.67. The SMILES string of the molecule is CC1CCCN(c2cc(N3CCN(c4ccccc4)CC3)nc(NC(=S)NCc3ccc(F)cc3)n2)C1. The first-order valence-electron chi connectivity index (χ1n) is 13.0. The summed E-state index contributed by atoms with van der Waals surface area (Å²) < 4.78 is 13.2. The number of anilines is 4. The zero-order chi connectivity index (χ0) is 25.6. The van der Waals surface area contributed by atoms with E-state index in [9.17, 15) is 4.39 Å². The van der Waals surface area contributed by atoms with Gasteiger partial charge in [0.15, 0.2) is 5.11 Å². The van der Waals surface area contributed by atoms with Gasteiger partial charge >= 0.3 is 0 Å². The zero-order valence-corrected chi connectivity index (χ0v) is 22.1. The van der Waals surface area contributed by atoms with Crippen LogP contribution in [0.2, 0.25) is 0 Å². The summed E-state index contributed by atoms with van der Waals surface area (Å²) in [5, 5.41) is 6.81. The van der Waals surface area contributed by atoms with E-state index in [4.69, 9.17) is 22.2 Å². The van der Waals surface area contributed by atoms with E-state index in [1.807, 2.05) is 0 Å². The van der Waals surface area contributed by atoms with Gasteiger partial charge in [-0.2, -0.15) is 9.97 Å². The van der Waals surface area contributed by atoms with Crippen LogP contribution in [0.3, 0.4) is 0 Å². The fourth-order valence-corrected chi connectivity index (χ4v) is 5.13. The van der Waals surface area contributed by atoms with Crippen LogP contribution in [0.25, 0.3) is 0 Å². The highest BCUT2D eigenvalue weighted by Crippen LogP contribution is 2.27. The average molecular weight is 520 g/mol. The largest absolute Gasteiger partial charge is 0.368 e. The molecule has 0 spiro atoms. The molecular weight excluding hydrogens is 485 g/mol. The molecule has 0 saturated carbocycles. The van der Waals surface area contributed by atoms with Crippen LogP contribution in [0.4, 0.5) is 27.7 Å². The number of hydrogen-bond donors (Lipinski definition) is 2. The number of piperidine rings is 1. The monoisotopic (exact) mass is 519 g/mol. The van der Waals surface area contributed by atoms with Crippen molar-refractivity contribution in [3.63, 3.8) is 0 Å². The molecule has 0 bridgehead atoms. The Bertz CT molecular complexity index is 1180. The van der Waals surface area contributed by atoms with Gasteiger partial charge in [0, 0.05) is 57.6 Å². The summed E-state index contributed by atoms with van der Waals surface area (Å²) in [6, 6.07) is 19.1. The van der Waals surface area contributed by atoms with Gasteiger partial charge in [0.2, 0.25) is 5.95 Å². The van der Waals surface area contributed by atoms with E-state index in [2.05, 4.69) is 68.7 Å². The molecule has 1 unspecified atom stereocenters. The van der Waals surface area contributed by atoms with Crippen molar-refractivity contribution in [2.75, 3.05) is 59.3 Å². The van der Waals surface area contributed by atoms with Crippen molar-refractivity contribution in [3.05, 3.63) is 72.0 Å². The van der Waals surface area contributed by atoms with Crippen LogP contribution < -0.4 is 25.3 Å². The van der Waals surface area contributed by atoms with Crippen LogP contribution in [0.5, 0.6) is 0 Å². The summed E-state index contributed by atoms with van der Waals surface area (Å²) >= 11 is 5.54. The fourth-order valence-electron chi connectivity index (χ4n) is 4.96. The maximum Gasteiger partial charge on any atom is 0.232 e. The first kappa shape index (κ1) is 25.2. The highest BCUT2D eigenvalue weighted by molar-refractivity contribution is 7.80. The minimum absolute atomic E-state index is 0.251. The molecule has 2 aliphatic heterocycles. The second-order valence-electron chi connectivity index (χ2n) is 9.85. The fraction of sp³-hybridized carbons (Fsp3) is 0.393. The number of rotatable bonds is 6. The lowest BCUT2D eigenvalue weighted by molar-refractivity contribution is 0.444. The van der Waals surface area contributed by atoms with Crippen molar-refractivity contribution in [2.24, 2.45) is 5.92 Å². The molecule has 2 fully saturated rings. The Morgan fingerprint density at radius 1 is 0.919 bits per heavy atom. The average Bonchev–Trinajstić information content (AvgIpc) is 2.93. The summed E-state index contributed by atoms with van der Waals surface area (Å²) in [7, 11) is 0. The molecule has 1 atom stereocenters. The van der Waals surface area contributed by atoms with Gasteiger partial charge in [0.1, 0.15) is 17.5 Å². The molecule has 194 valence electrons. The van der Waals surface area contributed by atoms with E-state index >= 15 is 0 Å². The first-order valence-corrected chi connectivity index (χ1v) is 13.4. The van der Waals surface area contributed by atoms with Gasteiger partial charge in [-0.1, -0.05) is 37.3 Å². The molecule has 2 saturated heterocycles. The number of nitrogens with one attached hydrogen (secondary N) is 2. The quantitative estimate of drug-likeness (QED) is 0.456. The number of para-hydroxylation sites is 1. The Morgan fingerprint density at radius 3 is 2.30 bits per heavy atom. The Hall–Kier alpha value is -3.46. The van der Waals surface area contributed by atoms with Crippen LogP contribution >= 0.6 is 12.2 Å². The number of nitrogens with zero attached hydrogens (tertiary/aromatic N) is 5. The molecule has 0 aliphatic carbocycles. The maximum absolute atomic E-state index is 13.2. The highest BCUT2D eigenvalue weighted by atomic mass is 32.1. The third-order valence-electron chi connectivity index (χ3n) is 7.00. The number of thiocarbonyl (C=S) groups is 1. The van der Waals surface area contributed by atoms with E-state index in [0.717, 1.165) is 62.9 Å². The van der Waals surface area contributed by atoms with Crippen molar-refractivity contribution < 1.29 is 4.39 Å². The second kappa shape index (κ2) is 11.7. The maximum atomic E-state index is 13.2. The summed E-state index contributed by atoms with van der Waals surface area (Å²) in [6.07, 6.45) is 2.41. The van der Waals surface area contributed by atoms with Gasteiger partial charge in [0.25, 0.3) is 0 Å². The number of aromatic nitrogens is 2. The Labute approximate surface area is 223 Å². The minimum atomic E-state index is -0.251. The van der Waals surface area contributed by atoms with Gasteiger partial charge in [0.05, 0.1) is 0 Å². The summed E-state index contributed by atoms with van der Waals surface area (Å²) in [5.41, 5.74) is 2.20. The number of halogens is 1. The highest BCUT2D eigenvalue weighted by Gasteiger charge is 2.23. The molecule has 3 aromatic rings. The number of benzene rings is 2. The Morgan fingerprint density at radius 2 is 1.59 bits per heavy atom. The zero-order valence-electron chi connectivity index (χ0n) is 21.2. The molecule has 2 N–H and O–H groups in total. The molecule has 2 aromatic carbocycles. The van der Waals surface area contributed by atoms with E-state index in [1.54, 1.807) is 12.1 Å². The van der Waals surface area contributed by atoms with Crippen molar-refractivity contribution in [1.82, 2.24) is 15.3 Å². The van der Waals surface area contributed by atoms with E-state index < -0.39 is 0 Å². The lowest BCUT2D eigenvalue weighted by atomic mass is 10.0. The van der Waals surface area contributed by atoms with Crippen LogP contribution in [0.15, 0.2) is 60.7 Å². The molecule has 2 aliphatic rings. The van der Waals surface area contributed by atoms with Gasteiger partial charge in [-0.05, 0) is 60.8 Å². The third-order valence-corrected chi connectivity index (χ3v) is 7.24. The number of hydrogen-bond acceptors (Lipinski definition) is 6. The van der Waals surface area contributed by atoms with E-state index in [-0.39, 0.29) is 5.82 Å². The van der Waals surface area contributed by atoms with E-state index in [1.165, 1.54) is 24.2 Å². The molecule has 1 aromatic heterocycles. The summed E-state index contributed by atoms with van der Waals surface area (Å²) in [5.74, 6) is 2.73. The Kier molecular flexibility index (Phi) is 7.99. The van der Waals surface area contributed by atoms with Crippen molar-refractivity contribution in [3.8, 4) is 0 Å². The smallest absolute Gasteiger partial charge is 0.232 e. The van der Waals surface area contributed by atoms with Gasteiger partial charge in [-0.25, -0.2) is 4.39 Å². The molecule has 5 rings (SSSR count). The minimum Gasteiger partial charge on any atom is -0.368 e. The van der Waals surface area contributed by atoms with Crippen LogP contribution in [-0.4, -0.2) is 54.3 Å². The molecule has 0 amide bonds. The normalized spacial score (nSPS) is 18.0. The predicted molar refractivity (Wildman–Crippen MR) is 153 cm³/mol. The molecule has 3 heterocycles. The standard InChI is InChI=1S/C28H34FN7S/c1-21-6-5-13-36(20-21)26-18-25(35-16-14-34(15-17-35)24-7-3-2-4-8-24)31-27(32-26)33-28(37)30-19-22-9-11-23(29)12-10-22/h2-4,7-12,18,21H,5-6,13-17,19-20H2,1H3,(H2,30,31,32,33,37). The molecule has 37 heavy (non-hydrogen) atoms. The van der Waals surface area contributed by atoms with Gasteiger partial charge in [-0.15, -0.1) is 0 Å². The van der Waals surface area contributed by atoms with Crippen molar-refractivity contribution in [1.29, 1.82) is 0 Å². The third kappa shape index (κ3) is 6.65. The van der Waals surface area contributed by atoms with Crippen LogP contribution in [0.1, 0.15) is 25.3 Å². The van der Waals surface area contributed by atoms with Gasteiger partial charge in [-0.3, -0.25) is 0 Å². The van der Waals surface area contributed by atoms with Crippen molar-refractivity contribution >= 4 is 40.6 Å². The summed E-state index contributed by atoms with van der Waals surface area (Å²) in [4.78, 5) is 16.8. The first-order chi connectivity index (χ1) is 18.0. The lowest BCUT2D eigenvalue weighted by Gasteiger charge is -2.37. The lowest BCUT2D eigenvalue weighted by Crippen LogP contribution is -2.47. The topological polar surface area (TPSA) is 59.6 Å². The van der Waals surface area contributed by atoms with E-state index in [0.29, 0.717) is 23.5 Å². The van der Waals surface area contributed by atoms with Crippen molar-refractivity contribution in [2.45, 2.75) is 26.3 Å². The van der Waals surface area contributed by atoms with Crippen LogP contribution in [0, 0.1) is 11.7 Å². The van der Waals surface area contributed by atoms with Gasteiger partial charge < -0.3 is 25.3 Å². The van der Waals surface area contributed by atoms with Crippen LogP contribution in [-0.2, 0) is 6.54 Å². The molecule has 7 nitrogen and oxygen atoms in total. The summed E-state index contributed by atoms with van der Waals surface area (Å²) in [6.45, 7) is 8.41. The second-order valence-corrected chi connectivity index (χ2v) is 10.3. The number of piperazine rings is 1.